The third-order valence-corrected chi connectivity index (χ3v) is 6.57. The summed E-state index contributed by atoms with van der Waals surface area (Å²) in [5.74, 6) is -0.508. The highest BCUT2D eigenvalue weighted by Crippen LogP contribution is 2.13. The highest BCUT2D eigenvalue weighted by molar-refractivity contribution is 5.98. The summed E-state index contributed by atoms with van der Waals surface area (Å²) < 4.78 is 10.6. The second-order valence-electron chi connectivity index (χ2n) is 9.78. The van der Waals surface area contributed by atoms with Crippen molar-refractivity contribution in [2.75, 3.05) is 13.1 Å². The number of nitrogens with one attached hydrogen (secondary N) is 2. The lowest BCUT2D eigenvalue weighted by Crippen LogP contribution is -2.41. The summed E-state index contributed by atoms with van der Waals surface area (Å²) in [5, 5.41) is 9.41. The van der Waals surface area contributed by atoms with E-state index >= 15 is 0 Å². The van der Waals surface area contributed by atoms with Gasteiger partial charge in [-0.15, -0.1) is 0 Å². The maximum Gasteiger partial charge on any atom is 0.408 e. The first kappa shape index (κ1) is 30.1. The van der Waals surface area contributed by atoms with Crippen LogP contribution in [0.4, 0.5) is 4.79 Å². The Hall–Kier alpha value is -4.83. The zero-order valence-electron chi connectivity index (χ0n) is 23.3. The number of nitrogens with two attached hydrogens (primary N) is 1. The van der Waals surface area contributed by atoms with Gasteiger partial charge in [0.05, 0.1) is 12.5 Å². The van der Waals surface area contributed by atoms with Crippen molar-refractivity contribution in [1.29, 1.82) is 0 Å². The molecule has 1 atom stereocenters. The molecular weight excluding hydrogens is 534 g/mol. The Morgan fingerprint density at radius 3 is 2.24 bits per heavy atom. The number of carbonyl (C=O) groups excluding carboxylic acids is 3. The van der Waals surface area contributed by atoms with Gasteiger partial charge in [0.15, 0.2) is 0 Å². The zero-order valence-corrected chi connectivity index (χ0v) is 23.3. The number of aromatic nitrogens is 2. The van der Waals surface area contributed by atoms with Crippen LogP contribution in [-0.4, -0.2) is 47.1 Å². The molecule has 10 heteroatoms. The number of Topliss-reactive ketones (excluding diaryl/α,β-unsaturated/α-hetero) is 1. The Balaban J connectivity index is 1.30. The first-order chi connectivity index (χ1) is 20.5. The van der Waals surface area contributed by atoms with Crippen LogP contribution in [0.1, 0.15) is 62.8 Å². The van der Waals surface area contributed by atoms with Crippen LogP contribution in [0.2, 0.25) is 0 Å². The van der Waals surface area contributed by atoms with Crippen LogP contribution in [-0.2, 0) is 24.2 Å². The van der Waals surface area contributed by atoms with Crippen molar-refractivity contribution in [3.05, 3.63) is 119 Å². The monoisotopic (exact) mass is 569 g/mol. The van der Waals surface area contributed by atoms with Gasteiger partial charge < -0.3 is 25.6 Å². The molecule has 42 heavy (non-hydrogen) atoms. The summed E-state index contributed by atoms with van der Waals surface area (Å²) in [4.78, 5) is 42.4. The number of ketones is 1. The minimum absolute atomic E-state index is 0.0802. The number of unbranched alkanes of at least 4 members (excludes halogenated alkanes) is 1. The Bertz CT molecular complexity index is 1420. The summed E-state index contributed by atoms with van der Waals surface area (Å²) in [6.45, 7) is 1.09. The molecule has 0 radical (unpaired) electrons. The molecule has 4 aromatic rings. The molecular formula is C32H35N5O5. The van der Waals surface area contributed by atoms with Crippen molar-refractivity contribution < 1.29 is 23.6 Å². The smallest absolute Gasteiger partial charge is 0.408 e. The van der Waals surface area contributed by atoms with Crippen molar-refractivity contribution in [1.82, 2.24) is 20.8 Å². The van der Waals surface area contributed by atoms with E-state index in [1.54, 1.807) is 24.3 Å². The molecule has 1 heterocycles. The van der Waals surface area contributed by atoms with Gasteiger partial charge in [-0.3, -0.25) is 9.59 Å². The van der Waals surface area contributed by atoms with Crippen LogP contribution < -0.4 is 16.4 Å². The fourth-order valence-corrected chi connectivity index (χ4v) is 4.27. The van der Waals surface area contributed by atoms with E-state index in [9.17, 15) is 14.4 Å². The molecule has 2 amide bonds. The predicted octanol–water partition coefficient (Wildman–Crippen LogP) is 4.24. The number of alkyl carbamates (subject to hydrolysis) is 1. The number of amides is 2. The second-order valence-corrected chi connectivity index (χ2v) is 9.78. The number of carbonyl (C=O) groups is 3. The van der Waals surface area contributed by atoms with Crippen LogP contribution >= 0.6 is 0 Å². The van der Waals surface area contributed by atoms with Crippen molar-refractivity contribution in [3.63, 3.8) is 0 Å². The zero-order chi connectivity index (χ0) is 29.6. The lowest BCUT2D eigenvalue weighted by atomic mass is 10.0. The van der Waals surface area contributed by atoms with Crippen molar-refractivity contribution in [2.45, 2.75) is 44.8 Å². The fraction of sp³-hybridized carbons (Fsp3) is 0.281. The molecule has 0 aliphatic heterocycles. The standard InChI is InChI=1S/C32H35N5O5/c33-19-8-7-13-27(35-32(40)41-22-25-11-5-2-6-12-25)29(38)30-36-28(42-37-30)21-24-14-16-26(17-15-24)31(39)34-20-18-23-9-3-1-4-10-23/h1-6,9-12,14-17,27H,7-8,13,18-22,33H2,(H,34,39)(H,35,40)/t27-/m0/s1. The van der Waals surface area contributed by atoms with Gasteiger partial charge in [0.1, 0.15) is 6.61 Å². The van der Waals surface area contributed by atoms with Crippen LogP contribution in [0, 0.1) is 0 Å². The molecule has 0 aliphatic rings. The molecule has 0 spiro atoms. The quantitative estimate of drug-likeness (QED) is 0.142. The number of rotatable bonds is 15. The molecule has 1 aromatic heterocycles. The van der Waals surface area contributed by atoms with Crippen molar-refractivity contribution in [3.8, 4) is 0 Å². The van der Waals surface area contributed by atoms with Crippen LogP contribution in [0.3, 0.4) is 0 Å². The van der Waals surface area contributed by atoms with Gasteiger partial charge in [-0.1, -0.05) is 78.0 Å². The van der Waals surface area contributed by atoms with Crippen LogP contribution in [0.25, 0.3) is 0 Å². The molecule has 0 bridgehead atoms. The number of hydrogen-bond acceptors (Lipinski definition) is 8. The summed E-state index contributed by atoms with van der Waals surface area (Å²) in [5.41, 5.74) is 8.97. The van der Waals surface area contributed by atoms with Gasteiger partial charge in [0, 0.05) is 12.1 Å². The maximum absolute atomic E-state index is 13.2. The Labute approximate surface area is 244 Å². The van der Waals surface area contributed by atoms with Crippen molar-refractivity contribution in [2.24, 2.45) is 5.73 Å². The lowest BCUT2D eigenvalue weighted by molar-refractivity contribution is 0.0896. The SMILES string of the molecule is NCCCC[C@H](NC(=O)OCc1ccccc1)C(=O)c1noc(Cc2ccc(C(=O)NCCc3ccccc3)cc2)n1. The molecule has 0 saturated carbocycles. The summed E-state index contributed by atoms with van der Waals surface area (Å²) in [6, 6.07) is 25.4. The van der Waals surface area contributed by atoms with Gasteiger partial charge in [0.25, 0.3) is 5.91 Å². The van der Waals surface area contributed by atoms with Gasteiger partial charge in [-0.25, -0.2) is 4.79 Å². The topological polar surface area (TPSA) is 149 Å². The first-order valence-corrected chi connectivity index (χ1v) is 14.0. The van der Waals surface area contributed by atoms with Gasteiger partial charge in [-0.05, 0) is 61.1 Å². The van der Waals surface area contributed by atoms with Gasteiger partial charge in [0.2, 0.25) is 17.5 Å². The lowest BCUT2D eigenvalue weighted by Gasteiger charge is -2.16. The van der Waals surface area contributed by atoms with Gasteiger partial charge in [-0.2, -0.15) is 4.98 Å². The average molecular weight is 570 g/mol. The predicted molar refractivity (Wildman–Crippen MR) is 157 cm³/mol. The number of nitrogens with zero attached hydrogens (tertiary/aromatic N) is 2. The van der Waals surface area contributed by atoms with E-state index in [2.05, 4.69) is 20.8 Å². The van der Waals surface area contributed by atoms with E-state index in [0.29, 0.717) is 37.9 Å². The molecule has 3 aromatic carbocycles. The van der Waals surface area contributed by atoms with E-state index in [4.69, 9.17) is 15.0 Å². The van der Waals surface area contributed by atoms with Crippen molar-refractivity contribution >= 4 is 17.8 Å². The van der Waals surface area contributed by atoms with E-state index in [1.165, 1.54) is 0 Å². The average Bonchev–Trinajstić information content (AvgIpc) is 3.49. The summed E-state index contributed by atoms with van der Waals surface area (Å²) in [7, 11) is 0. The molecule has 218 valence electrons. The third-order valence-electron chi connectivity index (χ3n) is 6.57. The fourth-order valence-electron chi connectivity index (χ4n) is 4.27. The Kier molecular flexibility index (Phi) is 11.4. The van der Waals surface area contributed by atoms with E-state index in [0.717, 1.165) is 23.1 Å². The summed E-state index contributed by atoms with van der Waals surface area (Å²) >= 11 is 0. The number of hydrogen-bond donors (Lipinski definition) is 3. The molecule has 0 fully saturated rings. The number of benzene rings is 3. The van der Waals surface area contributed by atoms with Crippen LogP contribution in [0.15, 0.2) is 89.5 Å². The van der Waals surface area contributed by atoms with Gasteiger partial charge >= 0.3 is 6.09 Å². The maximum atomic E-state index is 13.2. The Morgan fingerprint density at radius 1 is 0.857 bits per heavy atom. The molecule has 0 unspecified atom stereocenters. The summed E-state index contributed by atoms with van der Waals surface area (Å²) in [6.07, 6.45) is 2.00. The first-order valence-electron chi connectivity index (χ1n) is 14.0. The highest BCUT2D eigenvalue weighted by Gasteiger charge is 2.27. The normalized spacial score (nSPS) is 11.5. The minimum Gasteiger partial charge on any atom is -0.445 e. The molecule has 4 N–H and O–H groups in total. The second kappa shape index (κ2) is 15.8. The van der Waals surface area contributed by atoms with E-state index < -0.39 is 17.9 Å². The van der Waals surface area contributed by atoms with E-state index in [-0.39, 0.29) is 30.7 Å². The largest absolute Gasteiger partial charge is 0.445 e. The van der Waals surface area contributed by atoms with E-state index in [1.807, 2.05) is 60.7 Å². The number of ether oxygens (including phenoxy) is 1. The molecule has 0 saturated heterocycles. The highest BCUT2D eigenvalue weighted by atomic mass is 16.5. The molecule has 10 nitrogen and oxygen atoms in total. The molecule has 0 aliphatic carbocycles. The Morgan fingerprint density at radius 2 is 1.55 bits per heavy atom. The molecule has 4 rings (SSSR count). The third kappa shape index (κ3) is 9.38. The minimum atomic E-state index is -0.884. The van der Waals surface area contributed by atoms with Crippen LogP contribution in [0.5, 0.6) is 0 Å².